The second-order valence-electron chi connectivity index (χ2n) is 6.00. The predicted octanol–water partition coefficient (Wildman–Crippen LogP) is 4.88. The van der Waals surface area contributed by atoms with Crippen molar-refractivity contribution < 1.29 is 0 Å². The van der Waals surface area contributed by atoms with E-state index < -0.39 is 0 Å². The molecule has 0 fully saturated rings. The van der Waals surface area contributed by atoms with Crippen LogP contribution in [0.15, 0.2) is 48.5 Å². The molecule has 2 rings (SSSR count). The lowest BCUT2D eigenvalue weighted by Crippen LogP contribution is -2.14. The smallest absolute Gasteiger partial charge is 0.00230 e. The van der Waals surface area contributed by atoms with E-state index in [0.29, 0.717) is 0 Å². The fourth-order valence-corrected chi connectivity index (χ4v) is 2.50. The normalized spacial score (nSPS) is 11.6. The average Bonchev–Trinajstić information content (AvgIpc) is 2.32. The Balaban J connectivity index is 2.36. The van der Waals surface area contributed by atoms with Crippen LogP contribution in [0.25, 0.3) is 0 Å². The molecule has 2 aromatic carbocycles. The van der Waals surface area contributed by atoms with Gasteiger partial charge in [-0.15, -0.1) is 0 Å². The van der Waals surface area contributed by atoms with Crippen LogP contribution >= 0.6 is 0 Å². The van der Waals surface area contributed by atoms with Crippen molar-refractivity contribution in [3.63, 3.8) is 0 Å². The molecule has 0 N–H and O–H groups in total. The number of benzene rings is 2. The molecule has 0 aliphatic carbocycles. The molecule has 0 unspecified atom stereocenters. The summed E-state index contributed by atoms with van der Waals surface area (Å²) < 4.78 is 0. The van der Waals surface area contributed by atoms with E-state index >= 15 is 0 Å². The van der Waals surface area contributed by atoms with Crippen LogP contribution in [0, 0.1) is 6.92 Å². The van der Waals surface area contributed by atoms with Gasteiger partial charge in [-0.05, 0) is 41.0 Å². The standard InChI is InChI=1S/C18H22/c1-14-16(13-15-9-6-5-7-10-15)11-8-12-17(14)18(2,3)4/h5-12H,13H2,1-4H3. The molecule has 94 valence electrons. The highest BCUT2D eigenvalue weighted by atomic mass is 14.2. The third kappa shape index (κ3) is 2.81. The Kier molecular flexibility index (Phi) is 3.56. The van der Waals surface area contributed by atoms with Gasteiger partial charge in [-0.2, -0.15) is 0 Å². The minimum atomic E-state index is 0.219. The molecule has 0 heterocycles. The zero-order valence-corrected chi connectivity index (χ0v) is 11.8. The first-order valence-electron chi connectivity index (χ1n) is 6.61. The minimum absolute atomic E-state index is 0.219. The summed E-state index contributed by atoms with van der Waals surface area (Å²) in [6.07, 6.45) is 1.02. The highest BCUT2D eigenvalue weighted by Crippen LogP contribution is 2.28. The second kappa shape index (κ2) is 4.97. The second-order valence-corrected chi connectivity index (χ2v) is 6.00. The molecule has 0 aromatic heterocycles. The summed E-state index contributed by atoms with van der Waals surface area (Å²) >= 11 is 0. The van der Waals surface area contributed by atoms with E-state index in [-0.39, 0.29) is 5.41 Å². The van der Waals surface area contributed by atoms with Crippen molar-refractivity contribution in [1.82, 2.24) is 0 Å². The fourth-order valence-electron chi connectivity index (χ4n) is 2.50. The molecule has 0 atom stereocenters. The Morgan fingerprint density at radius 2 is 1.50 bits per heavy atom. The molecule has 0 amide bonds. The molecule has 0 radical (unpaired) electrons. The fraction of sp³-hybridized carbons (Fsp3) is 0.333. The van der Waals surface area contributed by atoms with Gasteiger partial charge in [-0.1, -0.05) is 69.3 Å². The number of hydrogen-bond donors (Lipinski definition) is 0. The van der Waals surface area contributed by atoms with Crippen LogP contribution in [0.2, 0.25) is 0 Å². The summed E-state index contributed by atoms with van der Waals surface area (Å²) in [5.41, 5.74) is 5.93. The molecule has 18 heavy (non-hydrogen) atoms. The Hall–Kier alpha value is -1.56. The number of rotatable bonds is 2. The summed E-state index contributed by atoms with van der Waals surface area (Å²) in [5, 5.41) is 0. The van der Waals surface area contributed by atoms with Gasteiger partial charge in [-0.3, -0.25) is 0 Å². The van der Waals surface area contributed by atoms with Crippen LogP contribution in [0.5, 0.6) is 0 Å². The van der Waals surface area contributed by atoms with Crippen molar-refractivity contribution in [2.75, 3.05) is 0 Å². The third-order valence-corrected chi connectivity index (χ3v) is 3.49. The topological polar surface area (TPSA) is 0 Å². The maximum Gasteiger partial charge on any atom is -0.00230 e. The minimum Gasteiger partial charge on any atom is -0.0622 e. The Labute approximate surface area is 111 Å². The molecular formula is C18H22. The van der Waals surface area contributed by atoms with Crippen molar-refractivity contribution in [3.05, 3.63) is 70.8 Å². The lowest BCUT2D eigenvalue weighted by atomic mass is 9.82. The van der Waals surface area contributed by atoms with Gasteiger partial charge in [0, 0.05) is 0 Å². The van der Waals surface area contributed by atoms with Crippen LogP contribution < -0.4 is 0 Å². The van der Waals surface area contributed by atoms with E-state index in [2.05, 4.69) is 76.2 Å². The van der Waals surface area contributed by atoms with Gasteiger partial charge in [0.1, 0.15) is 0 Å². The Bertz CT molecular complexity index is 515. The van der Waals surface area contributed by atoms with Crippen LogP contribution in [-0.4, -0.2) is 0 Å². The lowest BCUT2D eigenvalue weighted by Gasteiger charge is -2.23. The van der Waals surface area contributed by atoms with E-state index in [1.165, 1.54) is 22.3 Å². The summed E-state index contributed by atoms with van der Waals surface area (Å²) in [4.78, 5) is 0. The van der Waals surface area contributed by atoms with Crippen molar-refractivity contribution >= 4 is 0 Å². The largest absolute Gasteiger partial charge is 0.0622 e. The summed E-state index contributed by atoms with van der Waals surface area (Å²) in [6, 6.07) is 17.4. The summed E-state index contributed by atoms with van der Waals surface area (Å²) in [7, 11) is 0. The number of hydrogen-bond acceptors (Lipinski definition) is 0. The van der Waals surface area contributed by atoms with Gasteiger partial charge < -0.3 is 0 Å². The molecule has 0 spiro atoms. The van der Waals surface area contributed by atoms with E-state index in [4.69, 9.17) is 0 Å². The van der Waals surface area contributed by atoms with Crippen molar-refractivity contribution in [3.8, 4) is 0 Å². The van der Waals surface area contributed by atoms with Gasteiger partial charge in [0.2, 0.25) is 0 Å². The molecule has 0 saturated carbocycles. The monoisotopic (exact) mass is 238 g/mol. The molecule has 0 heteroatoms. The first kappa shape index (κ1) is 12.9. The molecule has 0 saturated heterocycles. The average molecular weight is 238 g/mol. The first-order valence-corrected chi connectivity index (χ1v) is 6.61. The SMILES string of the molecule is Cc1c(Cc2ccccc2)cccc1C(C)(C)C. The van der Waals surface area contributed by atoms with Crippen molar-refractivity contribution in [2.24, 2.45) is 0 Å². The third-order valence-electron chi connectivity index (χ3n) is 3.49. The summed E-state index contributed by atoms with van der Waals surface area (Å²) in [6.45, 7) is 9.09. The van der Waals surface area contributed by atoms with E-state index in [1.807, 2.05) is 0 Å². The molecule has 2 aromatic rings. The predicted molar refractivity (Wildman–Crippen MR) is 79.1 cm³/mol. The van der Waals surface area contributed by atoms with Crippen LogP contribution in [-0.2, 0) is 11.8 Å². The van der Waals surface area contributed by atoms with Gasteiger partial charge in [0.25, 0.3) is 0 Å². The van der Waals surface area contributed by atoms with Crippen molar-refractivity contribution in [1.29, 1.82) is 0 Å². The first-order chi connectivity index (χ1) is 8.48. The van der Waals surface area contributed by atoms with E-state index in [0.717, 1.165) is 6.42 Å². The van der Waals surface area contributed by atoms with Gasteiger partial charge >= 0.3 is 0 Å². The Morgan fingerprint density at radius 1 is 0.833 bits per heavy atom. The molecule has 0 nitrogen and oxygen atoms in total. The van der Waals surface area contributed by atoms with Gasteiger partial charge in [0.15, 0.2) is 0 Å². The van der Waals surface area contributed by atoms with Crippen LogP contribution in [0.4, 0.5) is 0 Å². The van der Waals surface area contributed by atoms with Gasteiger partial charge in [0.05, 0.1) is 0 Å². The van der Waals surface area contributed by atoms with Gasteiger partial charge in [-0.25, -0.2) is 0 Å². The molecule has 0 bridgehead atoms. The van der Waals surface area contributed by atoms with Crippen LogP contribution in [0.3, 0.4) is 0 Å². The van der Waals surface area contributed by atoms with E-state index in [9.17, 15) is 0 Å². The van der Waals surface area contributed by atoms with Crippen LogP contribution in [0.1, 0.15) is 43.0 Å². The highest BCUT2D eigenvalue weighted by Gasteiger charge is 2.17. The van der Waals surface area contributed by atoms with E-state index in [1.54, 1.807) is 0 Å². The Morgan fingerprint density at radius 3 is 2.11 bits per heavy atom. The molecule has 0 aliphatic rings. The molecular weight excluding hydrogens is 216 g/mol. The zero-order valence-electron chi connectivity index (χ0n) is 11.8. The lowest BCUT2D eigenvalue weighted by molar-refractivity contribution is 0.585. The highest BCUT2D eigenvalue weighted by molar-refractivity contribution is 5.40. The zero-order chi connectivity index (χ0) is 13.2. The molecule has 0 aliphatic heterocycles. The quantitative estimate of drug-likeness (QED) is 0.699. The maximum atomic E-state index is 2.28. The maximum absolute atomic E-state index is 2.28. The van der Waals surface area contributed by atoms with Crippen molar-refractivity contribution in [2.45, 2.75) is 39.5 Å². The summed E-state index contributed by atoms with van der Waals surface area (Å²) in [5.74, 6) is 0.